The van der Waals surface area contributed by atoms with Gasteiger partial charge < -0.3 is 15.7 Å². The largest absolute Gasteiger partial charge is 0.393 e. The highest BCUT2D eigenvalue weighted by Crippen LogP contribution is 2.25. The molecule has 1 aliphatic rings. The second-order valence-electron chi connectivity index (χ2n) is 5.65. The summed E-state index contributed by atoms with van der Waals surface area (Å²) in [6.45, 7) is 10.2. The van der Waals surface area contributed by atoms with Gasteiger partial charge in [-0.05, 0) is 32.6 Å². The molecule has 3 unspecified atom stereocenters. The molecule has 1 saturated carbocycles. The normalized spacial score (nSPS) is 25.1. The summed E-state index contributed by atoms with van der Waals surface area (Å²) in [5.41, 5.74) is 0. The molecule has 0 amide bonds. The number of aliphatic hydroxyl groups excluding tert-OH is 1. The Bertz CT molecular complexity index is 271. The minimum absolute atomic E-state index is 0. The maximum absolute atomic E-state index is 9.79. The fourth-order valence-corrected chi connectivity index (χ4v) is 2.14. The van der Waals surface area contributed by atoms with Crippen molar-refractivity contribution in [3.8, 4) is 0 Å². The van der Waals surface area contributed by atoms with E-state index in [1.54, 1.807) is 0 Å². The molecular weight excluding hydrogens is 353 g/mol. The first-order chi connectivity index (χ1) is 8.54. The Morgan fingerprint density at radius 3 is 2.47 bits per heavy atom. The molecule has 1 fully saturated rings. The van der Waals surface area contributed by atoms with Crippen molar-refractivity contribution >= 4 is 29.9 Å². The molecule has 3 N–H and O–H groups in total. The van der Waals surface area contributed by atoms with Gasteiger partial charge in [0.05, 0.1) is 6.10 Å². The van der Waals surface area contributed by atoms with Crippen molar-refractivity contribution in [1.82, 2.24) is 10.6 Å². The highest BCUT2D eigenvalue weighted by atomic mass is 127. The standard InChI is InChI=1S/C14H29N3O.HI/c1-5-15-14(17-11(4)10(2)3)16-9-12-7-6-8-13(12)18;/h10-13,18H,5-9H2,1-4H3,(H2,15,16,17);1H. The topological polar surface area (TPSA) is 56.7 Å². The van der Waals surface area contributed by atoms with Crippen LogP contribution >= 0.6 is 24.0 Å². The van der Waals surface area contributed by atoms with Crippen molar-refractivity contribution < 1.29 is 5.11 Å². The van der Waals surface area contributed by atoms with Gasteiger partial charge in [0.2, 0.25) is 0 Å². The molecule has 3 atom stereocenters. The van der Waals surface area contributed by atoms with E-state index in [0.29, 0.717) is 17.9 Å². The molecule has 0 spiro atoms. The lowest BCUT2D eigenvalue weighted by molar-refractivity contribution is 0.136. The molecule has 0 heterocycles. The van der Waals surface area contributed by atoms with Crippen LogP contribution in [0.4, 0.5) is 0 Å². The van der Waals surface area contributed by atoms with E-state index < -0.39 is 0 Å². The summed E-state index contributed by atoms with van der Waals surface area (Å²) < 4.78 is 0. The van der Waals surface area contributed by atoms with Crippen LogP contribution in [0.2, 0.25) is 0 Å². The average molecular weight is 383 g/mol. The quantitative estimate of drug-likeness (QED) is 0.388. The summed E-state index contributed by atoms with van der Waals surface area (Å²) in [6.07, 6.45) is 3.02. The van der Waals surface area contributed by atoms with E-state index in [2.05, 4.69) is 43.3 Å². The van der Waals surface area contributed by atoms with Gasteiger partial charge in [0, 0.05) is 25.0 Å². The number of aliphatic imine (C=N–C) groups is 1. The number of nitrogens with zero attached hydrogens (tertiary/aromatic N) is 1. The average Bonchev–Trinajstić information content (AvgIpc) is 2.72. The zero-order chi connectivity index (χ0) is 13.5. The molecule has 114 valence electrons. The van der Waals surface area contributed by atoms with E-state index in [0.717, 1.165) is 38.3 Å². The minimum atomic E-state index is -0.154. The van der Waals surface area contributed by atoms with Gasteiger partial charge in [0.1, 0.15) is 0 Å². The third-order valence-electron chi connectivity index (χ3n) is 3.81. The third kappa shape index (κ3) is 6.79. The number of nitrogens with one attached hydrogen (secondary N) is 2. The van der Waals surface area contributed by atoms with E-state index in [1.807, 2.05) is 0 Å². The Morgan fingerprint density at radius 2 is 2.00 bits per heavy atom. The first-order valence-electron chi connectivity index (χ1n) is 7.27. The summed E-state index contributed by atoms with van der Waals surface area (Å²) in [4.78, 5) is 4.60. The van der Waals surface area contributed by atoms with Crippen molar-refractivity contribution in [2.24, 2.45) is 16.8 Å². The first-order valence-corrected chi connectivity index (χ1v) is 7.27. The fraction of sp³-hybridized carbons (Fsp3) is 0.929. The lowest BCUT2D eigenvalue weighted by Gasteiger charge is -2.21. The van der Waals surface area contributed by atoms with Crippen LogP contribution in [0.25, 0.3) is 0 Å². The highest BCUT2D eigenvalue weighted by molar-refractivity contribution is 14.0. The van der Waals surface area contributed by atoms with E-state index in [1.165, 1.54) is 0 Å². The summed E-state index contributed by atoms with van der Waals surface area (Å²) in [7, 11) is 0. The molecular formula is C14H30IN3O. The van der Waals surface area contributed by atoms with E-state index in [4.69, 9.17) is 0 Å². The maximum atomic E-state index is 9.79. The molecule has 5 heteroatoms. The smallest absolute Gasteiger partial charge is 0.191 e. The molecule has 4 nitrogen and oxygen atoms in total. The van der Waals surface area contributed by atoms with Crippen molar-refractivity contribution in [1.29, 1.82) is 0 Å². The van der Waals surface area contributed by atoms with Crippen LogP contribution < -0.4 is 10.6 Å². The predicted octanol–water partition coefficient (Wildman–Crippen LogP) is 2.37. The van der Waals surface area contributed by atoms with Crippen LogP contribution in [0.15, 0.2) is 4.99 Å². The summed E-state index contributed by atoms with van der Waals surface area (Å²) in [5.74, 6) is 1.79. The van der Waals surface area contributed by atoms with Crippen LogP contribution in [0.5, 0.6) is 0 Å². The van der Waals surface area contributed by atoms with Crippen molar-refractivity contribution in [2.45, 2.75) is 59.1 Å². The molecule has 0 aromatic heterocycles. The van der Waals surface area contributed by atoms with Crippen LogP contribution in [-0.4, -0.2) is 36.3 Å². The fourth-order valence-electron chi connectivity index (χ4n) is 2.14. The maximum Gasteiger partial charge on any atom is 0.191 e. The molecule has 1 aliphatic carbocycles. The number of rotatable bonds is 5. The molecule has 0 saturated heterocycles. The van der Waals surface area contributed by atoms with E-state index in [9.17, 15) is 5.11 Å². The predicted molar refractivity (Wildman–Crippen MR) is 92.2 cm³/mol. The highest BCUT2D eigenvalue weighted by Gasteiger charge is 2.24. The third-order valence-corrected chi connectivity index (χ3v) is 3.81. The number of hydrogen-bond donors (Lipinski definition) is 3. The Morgan fingerprint density at radius 1 is 1.32 bits per heavy atom. The molecule has 0 aromatic rings. The zero-order valence-corrected chi connectivity index (χ0v) is 15.0. The van der Waals surface area contributed by atoms with Gasteiger partial charge >= 0.3 is 0 Å². The molecule has 0 bridgehead atoms. The second-order valence-corrected chi connectivity index (χ2v) is 5.65. The van der Waals surface area contributed by atoms with Crippen molar-refractivity contribution in [2.75, 3.05) is 13.1 Å². The molecule has 0 radical (unpaired) electrons. The Balaban J connectivity index is 0.00000324. The monoisotopic (exact) mass is 383 g/mol. The SMILES string of the molecule is CCNC(=NCC1CCCC1O)NC(C)C(C)C.I. The van der Waals surface area contributed by atoms with Gasteiger partial charge in [-0.25, -0.2) is 0 Å². The van der Waals surface area contributed by atoms with Gasteiger partial charge in [-0.2, -0.15) is 0 Å². The number of halogens is 1. The van der Waals surface area contributed by atoms with Gasteiger partial charge in [-0.15, -0.1) is 24.0 Å². The number of aliphatic hydroxyl groups is 1. The lowest BCUT2D eigenvalue weighted by atomic mass is 10.1. The number of guanidine groups is 1. The second kappa shape index (κ2) is 9.80. The van der Waals surface area contributed by atoms with Gasteiger partial charge in [-0.1, -0.05) is 20.3 Å². The van der Waals surface area contributed by atoms with Crippen LogP contribution in [0.1, 0.15) is 47.0 Å². The summed E-state index contributed by atoms with van der Waals surface area (Å²) in [6, 6.07) is 0.399. The molecule has 0 aromatic carbocycles. The lowest BCUT2D eigenvalue weighted by Crippen LogP contribution is -2.44. The van der Waals surface area contributed by atoms with Crippen molar-refractivity contribution in [3.63, 3.8) is 0 Å². The Hall–Kier alpha value is -0.0400. The van der Waals surface area contributed by atoms with Gasteiger partial charge in [0.25, 0.3) is 0 Å². The van der Waals surface area contributed by atoms with Gasteiger partial charge in [-0.3, -0.25) is 4.99 Å². The van der Waals surface area contributed by atoms with Crippen LogP contribution in [0.3, 0.4) is 0 Å². The zero-order valence-electron chi connectivity index (χ0n) is 12.6. The van der Waals surface area contributed by atoms with Crippen LogP contribution in [-0.2, 0) is 0 Å². The Labute approximate surface area is 134 Å². The van der Waals surface area contributed by atoms with E-state index >= 15 is 0 Å². The summed E-state index contributed by atoms with van der Waals surface area (Å²) >= 11 is 0. The Kier molecular flexibility index (Phi) is 9.78. The number of hydrogen-bond acceptors (Lipinski definition) is 2. The van der Waals surface area contributed by atoms with Crippen LogP contribution in [0, 0.1) is 11.8 Å². The molecule has 1 rings (SSSR count). The molecule has 0 aliphatic heterocycles. The minimum Gasteiger partial charge on any atom is -0.393 e. The molecule has 19 heavy (non-hydrogen) atoms. The van der Waals surface area contributed by atoms with Gasteiger partial charge in [0.15, 0.2) is 5.96 Å². The van der Waals surface area contributed by atoms with Crippen molar-refractivity contribution in [3.05, 3.63) is 0 Å². The first kappa shape index (κ1) is 19.0. The van der Waals surface area contributed by atoms with E-state index in [-0.39, 0.29) is 30.1 Å². The summed E-state index contributed by atoms with van der Waals surface area (Å²) in [5, 5.41) is 16.5.